The van der Waals surface area contributed by atoms with E-state index in [4.69, 9.17) is 0 Å². The number of hydrogen-bond donors (Lipinski definition) is 1. The lowest BCUT2D eigenvalue weighted by Crippen LogP contribution is -2.30. The molecule has 37 heavy (non-hydrogen) atoms. The lowest BCUT2D eigenvalue weighted by Gasteiger charge is -2.23. The Labute approximate surface area is 214 Å². The molecule has 1 aliphatic heterocycles. The largest absolute Gasteiger partial charge is 0.307 e. The van der Waals surface area contributed by atoms with Gasteiger partial charge in [0.15, 0.2) is 0 Å². The number of anilines is 2. The van der Waals surface area contributed by atoms with Crippen LogP contribution in [0.1, 0.15) is 32.0 Å². The van der Waals surface area contributed by atoms with Gasteiger partial charge in [-0.05, 0) is 59.2 Å². The molecule has 0 spiro atoms. The molecule has 0 saturated carbocycles. The molecule has 0 saturated heterocycles. The van der Waals surface area contributed by atoms with Crippen molar-refractivity contribution in [1.29, 1.82) is 0 Å². The summed E-state index contributed by atoms with van der Waals surface area (Å²) in [4.78, 5) is 33.2. The van der Waals surface area contributed by atoms with E-state index >= 15 is 0 Å². The molecule has 0 bridgehead atoms. The molecular weight excluding hydrogens is 462 g/mol. The lowest BCUT2D eigenvalue weighted by atomic mass is 9.96. The predicted molar refractivity (Wildman–Crippen MR) is 142 cm³/mol. The van der Waals surface area contributed by atoms with E-state index in [2.05, 4.69) is 15.4 Å². The first kappa shape index (κ1) is 22.4. The number of pyridine rings is 1. The van der Waals surface area contributed by atoms with Crippen molar-refractivity contribution >= 4 is 23.3 Å². The predicted octanol–water partition coefficient (Wildman–Crippen LogP) is 5.41. The van der Waals surface area contributed by atoms with Gasteiger partial charge in [-0.25, -0.2) is 4.98 Å². The van der Waals surface area contributed by atoms with Gasteiger partial charge in [-0.3, -0.25) is 14.3 Å². The summed E-state index contributed by atoms with van der Waals surface area (Å²) in [6.45, 7) is 1.00. The Morgan fingerprint density at radius 1 is 0.784 bits per heavy atom. The summed E-state index contributed by atoms with van der Waals surface area (Å²) < 4.78 is 1.92. The molecule has 180 valence electrons. The smallest absolute Gasteiger partial charge is 0.258 e. The van der Waals surface area contributed by atoms with Gasteiger partial charge in [0.25, 0.3) is 11.8 Å². The number of carbonyl (C=O) groups excluding carboxylic acids is 2. The van der Waals surface area contributed by atoms with Crippen LogP contribution in [0, 0.1) is 0 Å². The van der Waals surface area contributed by atoms with Crippen LogP contribution >= 0.6 is 0 Å². The standard InChI is InChI=1S/C30H23N5O2/c36-29(33-28-12-6-7-16-31-28)25-14-13-22(18-26(25)21-8-2-1-3-9-21)30(37)34-20-24-15-17-32-35(24)19-23-10-4-5-11-27(23)34/h1-18H,19-20H2,(H,31,33,36). The second kappa shape index (κ2) is 9.54. The molecule has 0 fully saturated rings. The number of nitrogens with one attached hydrogen (secondary N) is 1. The van der Waals surface area contributed by atoms with Crippen molar-refractivity contribution in [3.8, 4) is 11.1 Å². The first-order valence-electron chi connectivity index (χ1n) is 12.0. The molecule has 3 aromatic carbocycles. The summed E-state index contributed by atoms with van der Waals surface area (Å²) >= 11 is 0. The maximum Gasteiger partial charge on any atom is 0.258 e. The van der Waals surface area contributed by atoms with Crippen LogP contribution in [0.25, 0.3) is 11.1 Å². The number of benzene rings is 3. The van der Waals surface area contributed by atoms with Crippen LogP contribution in [0.3, 0.4) is 0 Å². The molecular formula is C30H23N5O2. The van der Waals surface area contributed by atoms with Crippen LogP contribution in [0.5, 0.6) is 0 Å². The van der Waals surface area contributed by atoms with E-state index in [9.17, 15) is 9.59 Å². The molecule has 5 aromatic rings. The maximum absolute atomic E-state index is 14.0. The van der Waals surface area contributed by atoms with Gasteiger partial charge in [-0.1, -0.05) is 54.6 Å². The van der Waals surface area contributed by atoms with Crippen LogP contribution in [0.2, 0.25) is 0 Å². The van der Waals surface area contributed by atoms with Crippen LogP contribution in [0.4, 0.5) is 11.5 Å². The van der Waals surface area contributed by atoms with Crippen molar-refractivity contribution in [1.82, 2.24) is 14.8 Å². The van der Waals surface area contributed by atoms with Crippen molar-refractivity contribution < 1.29 is 9.59 Å². The van der Waals surface area contributed by atoms with Gasteiger partial charge in [0.1, 0.15) is 5.82 Å². The molecule has 7 heteroatoms. The average Bonchev–Trinajstić information content (AvgIpc) is 3.32. The normalized spacial score (nSPS) is 12.3. The van der Waals surface area contributed by atoms with Crippen molar-refractivity contribution in [2.45, 2.75) is 13.1 Å². The molecule has 0 radical (unpaired) electrons. The van der Waals surface area contributed by atoms with Gasteiger partial charge < -0.3 is 10.2 Å². The first-order chi connectivity index (χ1) is 18.2. The van der Waals surface area contributed by atoms with E-state index < -0.39 is 0 Å². The zero-order valence-corrected chi connectivity index (χ0v) is 19.9. The minimum atomic E-state index is -0.291. The van der Waals surface area contributed by atoms with Crippen LogP contribution in [-0.2, 0) is 13.1 Å². The third-order valence-electron chi connectivity index (χ3n) is 6.47. The van der Waals surface area contributed by atoms with Gasteiger partial charge >= 0.3 is 0 Å². The molecule has 2 aromatic heterocycles. The number of para-hydroxylation sites is 1. The van der Waals surface area contributed by atoms with Gasteiger partial charge in [0.2, 0.25) is 0 Å². The number of aromatic nitrogens is 3. The first-order valence-corrected chi connectivity index (χ1v) is 12.0. The van der Waals surface area contributed by atoms with Crippen molar-refractivity contribution in [3.05, 3.63) is 132 Å². The molecule has 0 unspecified atom stereocenters. The fraction of sp³-hybridized carbons (Fsp3) is 0.0667. The highest BCUT2D eigenvalue weighted by Gasteiger charge is 2.26. The quantitative estimate of drug-likeness (QED) is 0.369. The Kier molecular flexibility index (Phi) is 5.78. The number of amides is 2. The zero-order valence-electron chi connectivity index (χ0n) is 19.9. The molecule has 1 aliphatic rings. The van der Waals surface area contributed by atoms with Crippen LogP contribution < -0.4 is 10.2 Å². The van der Waals surface area contributed by atoms with Gasteiger partial charge in [-0.2, -0.15) is 5.10 Å². The highest BCUT2D eigenvalue weighted by molar-refractivity contribution is 6.11. The van der Waals surface area contributed by atoms with Gasteiger partial charge in [0.05, 0.1) is 18.8 Å². The minimum Gasteiger partial charge on any atom is -0.307 e. The molecule has 0 aliphatic carbocycles. The minimum absolute atomic E-state index is 0.143. The topological polar surface area (TPSA) is 80.1 Å². The summed E-state index contributed by atoms with van der Waals surface area (Å²) in [6.07, 6.45) is 3.38. The highest BCUT2D eigenvalue weighted by Crippen LogP contribution is 2.31. The summed E-state index contributed by atoms with van der Waals surface area (Å²) in [5.74, 6) is 0.0287. The SMILES string of the molecule is O=C(Nc1ccccn1)c1ccc(C(=O)N2Cc3ccnn3Cc3ccccc32)cc1-c1ccccc1. The molecule has 1 N–H and O–H groups in total. The van der Waals surface area contributed by atoms with Crippen LogP contribution in [0.15, 0.2) is 109 Å². The van der Waals surface area contributed by atoms with Crippen molar-refractivity contribution in [2.75, 3.05) is 10.2 Å². The summed E-state index contributed by atoms with van der Waals surface area (Å²) in [5, 5.41) is 7.29. The number of nitrogens with zero attached hydrogens (tertiary/aromatic N) is 4. The van der Waals surface area contributed by atoms with Gasteiger partial charge in [0, 0.05) is 29.2 Å². The van der Waals surface area contributed by atoms with E-state index in [1.165, 1.54) is 0 Å². The highest BCUT2D eigenvalue weighted by atomic mass is 16.2. The monoisotopic (exact) mass is 485 g/mol. The third kappa shape index (κ3) is 4.38. The summed E-state index contributed by atoms with van der Waals surface area (Å²) in [5.41, 5.74) is 5.31. The van der Waals surface area contributed by atoms with Crippen molar-refractivity contribution in [2.24, 2.45) is 0 Å². The molecule has 0 atom stereocenters. The zero-order chi connectivity index (χ0) is 25.2. The Hall–Kier alpha value is -5.04. The summed E-state index contributed by atoms with van der Waals surface area (Å²) in [7, 11) is 0. The number of carbonyl (C=O) groups is 2. The Morgan fingerprint density at radius 2 is 1.59 bits per heavy atom. The third-order valence-corrected chi connectivity index (χ3v) is 6.47. The number of rotatable bonds is 4. The Bertz CT molecular complexity index is 1600. The second-order valence-electron chi connectivity index (χ2n) is 8.80. The Morgan fingerprint density at radius 3 is 2.43 bits per heavy atom. The molecule has 6 rings (SSSR count). The lowest BCUT2D eigenvalue weighted by molar-refractivity contribution is 0.0982. The average molecular weight is 486 g/mol. The number of hydrogen-bond acceptors (Lipinski definition) is 4. The molecule has 2 amide bonds. The fourth-order valence-corrected chi connectivity index (χ4v) is 4.64. The van der Waals surface area contributed by atoms with E-state index in [0.717, 1.165) is 22.5 Å². The van der Waals surface area contributed by atoms with Crippen molar-refractivity contribution in [3.63, 3.8) is 0 Å². The van der Waals surface area contributed by atoms with E-state index in [-0.39, 0.29) is 11.8 Å². The van der Waals surface area contributed by atoms with E-state index in [1.807, 2.05) is 71.4 Å². The second-order valence-corrected chi connectivity index (χ2v) is 8.80. The van der Waals surface area contributed by atoms with E-state index in [1.54, 1.807) is 47.6 Å². The van der Waals surface area contributed by atoms with E-state index in [0.29, 0.717) is 35.6 Å². The molecule has 3 heterocycles. The number of fused-ring (bicyclic) bond motifs is 2. The molecule has 7 nitrogen and oxygen atoms in total. The Balaban J connectivity index is 1.41. The fourth-order valence-electron chi connectivity index (χ4n) is 4.64. The van der Waals surface area contributed by atoms with Gasteiger partial charge in [-0.15, -0.1) is 0 Å². The summed E-state index contributed by atoms with van der Waals surface area (Å²) in [6, 6.07) is 30.0. The van der Waals surface area contributed by atoms with Crippen LogP contribution in [-0.4, -0.2) is 26.6 Å². The maximum atomic E-state index is 14.0.